The van der Waals surface area contributed by atoms with Gasteiger partial charge in [0.15, 0.2) is 11.6 Å². The Morgan fingerprint density at radius 1 is 0.692 bits per heavy atom. The number of pyridine rings is 1. The van der Waals surface area contributed by atoms with Gasteiger partial charge in [-0.3, -0.25) is 14.6 Å². The number of halogens is 12. The number of carbonyl (C=O) groups excluding carboxylic acids is 2. The number of aryl methyl sites for hydroxylation is 1. The minimum atomic E-state index is -0.146. The van der Waals surface area contributed by atoms with Gasteiger partial charge >= 0.3 is 0 Å². The Hall–Kier alpha value is 0.750. The molecule has 0 saturated carbocycles. The van der Waals surface area contributed by atoms with Crippen molar-refractivity contribution in [3.8, 4) is 0 Å². The molecule has 1 aliphatic heterocycles. The summed E-state index contributed by atoms with van der Waals surface area (Å²) in [5.74, 6) is 0.659. The lowest BCUT2D eigenvalue weighted by molar-refractivity contribution is -0.120. The predicted octanol–water partition coefficient (Wildman–Crippen LogP) is 17.3. The number of rotatable bonds is 11. The fraction of sp³-hybridized carbons (Fsp3) is 0.477. The van der Waals surface area contributed by atoms with E-state index in [1.807, 2.05) is 49.5 Å². The van der Waals surface area contributed by atoms with E-state index in [0.29, 0.717) is 36.5 Å². The third-order valence-corrected chi connectivity index (χ3v) is 14.9. The van der Waals surface area contributed by atoms with E-state index in [4.69, 9.17) is 27.9 Å². The average molecular weight is 1590 g/mol. The standard InChI is InChI=1S/C10H8Br2N2.C7H7Br2N.C6H10Br2.C5H7Br2N3.C5H2Br2O2.C4H6Cl2.C4H8O.3CH4/c11-5-9-10(6-12)14-8-4-2-1-3-7(8)13-9;8-4-6-2-1-3-7(5-9)10-6;1-4(5(2)7)6(3)8;1-10-8-4(2-6)5(3-7)9-10;6-4-2(8)1-3(9)5(4)7;1-4(2-5)3-6;1-2-4-3-5-4;;;/h1-4H,5-6H2;1-3H,4-5H2;5-6H,1H2,2-3H3;2-3H2,1H3;1H2;1-3H2;4H,2-3H2,1H3;3*1H4. The molecule has 0 bridgehead atoms. The first kappa shape index (κ1) is 72.3. The number of nitrogens with zero attached hydrogens (tertiary/aromatic N) is 6. The molecule has 368 valence electrons. The van der Waals surface area contributed by atoms with E-state index in [1.54, 1.807) is 4.80 Å². The molecule has 0 radical (unpaired) electrons. The number of alkyl halides is 10. The van der Waals surface area contributed by atoms with Crippen LogP contribution in [-0.2, 0) is 53.4 Å². The zero-order valence-corrected chi connectivity index (χ0v) is 51.8. The smallest absolute Gasteiger partial charge is 0.178 e. The van der Waals surface area contributed by atoms with Crippen LogP contribution in [0.25, 0.3) is 11.0 Å². The maximum atomic E-state index is 10.6. The Kier molecular flexibility index (Phi) is 47.2. The second kappa shape index (κ2) is 42.4. The first-order valence-electron chi connectivity index (χ1n) is 18.3. The number of carbonyl (C=O) groups is 2. The molecular formula is C44H60Br10Cl2N6O3. The Morgan fingerprint density at radius 3 is 1.26 bits per heavy atom. The number of aromatic nitrogens is 6. The summed E-state index contributed by atoms with van der Waals surface area (Å²) < 4.78 is 5.59. The number of allylic oxidation sites excluding steroid dienone is 4. The van der Waals surface area contributed by atoms with Gasteiger partial charge in [0.1, 0.15) is 0 Å². The fourth-order valence-electron chi connectivity index (χ4n) is 3.86. The SMILES string of the molecule is BrCc1cccc(CBr)n1.BrCc1nc2ccccc2nc1CBr.C.C.C.C=C(C(C)Br)C(C)Br.C=C(CCl)CCl.CCC1CO1.Cn1nc(CBr)c(CBr)n1.O=C1CC(=O)C(Br)=C1Br. The zero-order valence-electron chi connectivity index (χ0n) is 34.4. The monoisotopic (exact) mass is 1580 g/mol. The van der Waals surface area contributed by atoms with Crippen LogP contribution in [0.1, 0.15) is 90.1 Å². The van der Waals surface area contributed by atoms with Gasteiger partial charge in [-0.05, 0) is 82.0 Å². The molecule has 6 rings (SSSR count). The molecule has 21 heteroatoms. The second-order valence-electron chi connectivity index (χ2n) is 12.4. The fourth-order valence-corrected chi connectivity index (χ4v) is 8.41. The quantitative estimate of drug-likeness (QED) is 0.0631. The van der Waals surface area contributed by atoms with Gasteiger partial charge in [0.2, 0.25) is 0 Å². The van der Waals surface area contributed by atoms with Gasteiger partial charge in [-0.15, -0.1) is 23.2 Å². The second-order valence-corrected chi connectivity index (χ2v) is 20.7. The summed E-state index contributed by atoms with van der Waals surface area (Å²) in [7, 11) is 1.82. The van der Waals surface area contributed by atoms with Gasteiger partial charge in [-0.1, -0.05) is 194 Å². The van der Waals surface area contributed by atoms with Crippen LogP contribution >= 0.6 is 183 Å². The number of ether oxygens (including phenoxy) is 1. The summed E-state index contributed by atoms with van der Waals surface area (Å²) >= 11 is 43.5. The van der Waals surface area contributed by atoms with E-state index >= 15 is 0 Å². The van der Waals surface area contributed by atoms with Gasteiger partial charge in [0.25, 0.3) is 0 Å². The molecule has 3 atom stereocenters. The van der Waals surface area contributed by atoms with Crippen LogP contribution in [0.15, 0.2) is 75.7 Å². The van der Waals surface area contributed by atoms with Crippen molar-refractivity contribution in [3.05, 3.63) is 110 Å². The Balaban J connectivity index is -0.000000338. The Bertz CT molecular complexity index is 1900. The normalized spacial score (nSPS) is 13.7. The lowest BCUT2D eigenvalue weighted by Gasteiger charge is -2.08. The van der Waals surface area contributed by atoms with Crippen LogP contribution in [-0.4, -0.2) is 75.6 Å². The highest BCUT2D eigenvalue weighted by Gasteiger charge is 2.26. The van der Waals surface area contributed by atoms with Crippen molar-refractivity contribution < 1.29 is 14.3 Å². The number of epoxide rings is 1. The number of fused-ring (bicyclic) bond motifs is 1. The number of hydrogen-bond donors (Lipinski definition) is 0. The minimum Gasteiger partial charge on any atom is -0.373 e. The third-order valence-electron chi connectivity index (χ3n) is 7.50. The summed E-state index contributed by atoms with van der Waals surface area (Å²) in [5, 5.41) is 12.9. The molecule has 65 heavy (non-hydrogen) atoms. The number of benzene rings is 1. The van der Waals surface area contributed by atoms with Crippen LogP contribution in [0, 0.1) is 0 Å². The molecule has 3 unspecified atom stereocenters. The highest BCUT2D eigenvalue weighted by molar-refractivity contribution is 9.14. The van der Waals surface area contributed by atoms with Crippen molar-refractivity contribution in [2.45, 2.75) is 104 Å². The number of para-hydroxylation sites is 2. The van der Waals surface area contributed by atoms with Crippen molar-refractivity contribution in [1.29, 1.82) is 0 Å². The highest BCUT2D eigenvalue weighted by Crippen LogP contribution is 2.28. The van der Waals surface area contributed by atoms with E-state index in [9.17, 15) is 9.59 Å². The molecule has 1 aromatic carbocycles. The Labute approximate surface area is 482 Å². The number of hydrogen-bond acceptors (Lipinski definition) is 8. The Morgan fingerprint density at radius 2 is 1.06 bits per heavy atom. The maximum Gasteiger partial charge on any atom is 0.178 e. The lowest BCUT2D eigenvalue weighted by atomic mass is 10.2. The van der Waals surface area contributed by atoms with Crippen LogP contribution in [0.4, 0.5) is 0 Å². The van der Waals surface area contributed by atoms with Crippen LogP contribution in [0.5, 0.6) is 0 Å². The first-order valence-corrected chi connectivity index (χ1v) is 29.6. The molecule has 0 spiro atoms. The largest absolute Gasteiger partial charge is 0.373 e. The summed E-state index contributed by atoms with van der Waals surface area (Å²) in [6, 6.07) is 13.9. The van der Waals surface area contributed by atoms with Crippen LogP contribution in [0.3, 0.4) is 0 Å². The van der Waals surface area contributed by atoms with Crippen molar-refractivity contribution in [1.82, 2.24) is 29.9 Å². The molecule has 1 aliphatic carbocycles. The minimum absolute atomic E-state index is 0. The van der Waals surface area contributed by atoms with Gasteiger partial charge in [-0.2, -0.15) is 15.0 Å². The van der Waals surface area contributed by atoms with E-state index in [0.717, 1.165) is 89.4 Å². The zero-order chi connectivity index (χ0) is 47.4. The van der Waals surface area contributed by atoms with Gasteiger partial charge in [0.05, 0.1) is 73.3 Å². The van der Waals surface area contributed by atoms with Crippen molar-refractivity contribution in [3.63, 3.8) is 0 Å². The third kappa shape index (κ3) is 31.0. The van der Waals surface area contributed by atoms with Gasteiger partial charge in [0, 0.05) is 60.4 Å². The first-order chi connectivity index (χ1) is 29.4. The molecule has 0 amide bonds. The molecular weight excluding hydrogens is 1530 g/mol. The molecule has 2 aliphatic rings. The molecule has 4 aromatic rings. The molecule has 9 nitrogen and oxygen atoms in total. The van der Waals surface area contributed by atoms with Crippen molar-refractivity contribution >= 4 is 205 Å². The molecule has 3 aromatic heterocycles. The summed E-state index contributed by atoms with van der Waals surface area (Å²) in [6.45, 7) is 14.7. The molecule has 1 saturated heterocycles. The summed E-state index contributed by atoms with van der Waals surface area (Å²) in [6.07, 6.45) is 1.83. The summed E-state index contributed by atoms with van der Waals surface area (Å²) in [5.41, 5.74) is 10.1. The summed E-state index contributed by atoms with van der Waals surface area (Å²) in [4.78, 5) is 37.0. The average Bonchev–Trinajstić information content (AvgIpc) is 4.03. The van der Waals surface area contributed by atoms with Gasteiger partial charge < -0.3 is 4.74 Å². The molecule has 4 heterocycles. The van der Waals surface area contributed by atoms with E-state index in [2.05, 4.69) is 218 Å². The maximum absolute atomic E-state index is 10.6. The highest BCUT2D eigenvalue weighted by atomic mass is 79.9. The number of ketones is 2. The molecule has 1 fully saturated rings. The lowest BCUT2D eigenvalue weighted by Crippen LogP contribution is -2.03. The van der Waals surface area contributed by atoms with E-state index < -0.39 is 0 Å². The van der Waals surface area contributed by atoms with Crippen LogP contribution < -0.4 is 0 Å². The topological polar surface area (TPSA) is 116 Å². The van der Waals surface area contributed by atoms with Crippen LogP contribution in [0.2, 0.25) is 0 Å². The van der Waals surface area contributed by atoms with E-state index in [-0.39, 0.29) is 40.3 Å². The van der Waals surface area contributed by atoms with Crippen molar-refractivity contribution in [2.24, 2.45) is 7.05 Å². The molecule has 0 N–H and O–H groups in total. The van der Waals surface area contributed by atoms with Gasteiger partial charge in [-0.25, -0.2) is 9.97 Å². The van der Waals surface area contributed by atoms with E-state index in [1.165, 1.54) is 12.0 Å². The number of Topliss-reactive ketones (excluding diaryl/α,β-unsaturated/α-hetero) is 2. The predicted molar refractivity (Wildman–Crippen MR) is 317 cm³/mol. The van der Waals surface area contributed by atoms with Crippen molar-refractivity contribution in [2.75, 3.05) is 18.4 Å².